The fraction of sp³-hybridized carbons (Fsp3) is 0.512. The highest BCUT2D eigenvalue weighted by Gasteiger charge is 2.34. The predicted molar refractivity (Wildman–Crippen MR) is 203 cm³/mol. The number of ether oxygens (including phenoxy) is 2. The molecule has 5 rings (SSSR count). The van der Waals surface area contributed by atoms with Crippen LogP contribution in [0, 0.1) is 5.92 Å². The molecule has 1 saturated carbocycles. The summed E-state index contributed by atoms with van der Waals surface area (Å²) in [4.78, 5) is 37.7. The van der Waals surface area contributed by atoms with Crippen LogP contribution in [0.3, 0.4) is 0 Å². The van der Waals surface area contributed by atoms with Gasteiger partial charge < -0.3 is 20.3 Å². The quantitative estimate of drug-likeness (QED) is 0.224. The number of hydrogen-bond acceptors (Lipinski definition) is 7. The molecule has 2 aliphatic rings. The molecule has 3 atom stereocenters. The van der Waals surface area contributed by atoms with E-state index in [-0.39, 0.29) is 11.9 Å². The van der Waals surface area contributed by atoms with Crippen molar-refractivity contribution >= 4 is 17.9 Å². The Bertz CT molecular complexity index is 1460. The summed E-state index contributed by atoms with van der Waals surface area (Å²) >= 11 is 0. The smallest absolute Gasteiger partial charge is 0.328 e. The molecule has 0 amide bonds. The topological polar surface area (TPSA) is 119 Å². The first-order valence-corrected chi connectivity index (χ1v) is 18.5. The standard InChI is InChI=1S/C18H26O2.C13H17NO2.C12H17NO2/c1-18(2,3)20-17(19)16(14-10-6-4-7-11-14)15-12-8-5-9-13-15;15-13(16)12(11-7-3-1-4-8-11)14-9-5-2-6-10-14;1-12(2,3)15-11(14)10(13)9-7-5-4-6-8-9/h4,6-7,10-11,15-16H,5,8-9,12-13H2,1-3H3;1,3-4,7-8,12H,2,5-6,9-10H2,(H,15,16);4-8,10H,13H2,1-3H3/t16-;12-;10-/m011/s1. The summed E-state index contributed by atoms with van der Waals surface area (Å²) in [6.45, 7) is 13.1. The van der Waals surface area contributed by atoms with Crippen LogP contribution in [0.15, 0.2) is 91.0 Å². The van der Waals surface area contributed by atoms with Gasteiger partial charge in [0.1, 0.15) is 23.3 Å². The Morgan fingerprint density at radius 2 is 1.04 bits per heavy atom. The van der Waals surface area contributed by atoms with Gasteiger partial charge in [-0.2, -0.15) is 0 Å². The molecule has 1 aliphatic heterocycles. The number of carbonyl (C=O) groups is 3. The van der Waals surface area contributed by atoms with Crippen molar-refractivity contribution in [3.05, 3.63) is 108 Å². The average molecular weight is 701 g/mol. The molecule has 3 N–H and O–H groups in total. The van der Waals surface area contributed by atoms with E-state index in [1.807, 2.05) is 120 Å². The molecule has 0 bridgehead atoms. The van der Waals surface area contributed by atoms with E-state index in [9.17, 15) is 19.5 Å². The number of hydrogen-bond donors (Lipinski definition) is 2. The van der Waals surface area contributed by atoms with Crippen LogP contribution in [-0.4, -0.2) is 52.2 Å². The lowest BCUT2D eigenvalue weighted by molar-refractivity contribution is -0.159. The van der Waals surface area contributed by atoms with E-state index in [2.05, 4.69) is 17.0 Å². The largest absolute Gasteiger partial charge is 0.480 e. The Balaban J connectivity index is 0.000000209. The second kappa shape index (κ2) is 20.1. The lowest BCUT2D eigenvalue weighted by atomic mass is 9.77. The van der Waals surface area contributed by atoms with Crippen LogP contribution in [0.5, 0.6) is 0 Å². The summed E-state index contributed by atoms with van der Waals surface area (Å²) in [5.41, 5.74) is 7.62. The summed E-state index contributed by atoms with van der Waals surface area (Å²) in [6.07, 6.45) is 9.47. The number of likely N-dealkylation sites (tertiary alicyclic amines) is 1. The van der Waals surface area contributed by atoms with Crippen molar-refractivity contribution in [3.63, 3.8) is 0 Å². The van der Waals surface area contributed by atoms with E-state index in [1.54, 1.807) is 0 Å². The van der Waals surface area contributed by atoms with Gasteiger partial charge in [-0.15, -0.1) is 0 Å². The first-order chi connectivity index (χ1) is 24.2. The van der Waals surface area contributed by atoms with Crippen LogP contribution in [0.2, 0.25) is 0 Å². The number of nitrogens with two attached hydrogens (primary N) is 1. The third kappa shape index (κ3) is 14.6. The number of rotatable bonds is 8. The molecule has 1 saturated heterocycles. The lowest BCUT2D eigenvalue weighted by Crippen LogP contribution is -2.37. The van der Waals surface area contributed by atoms with Gasteiger partial charge in [-0.25, -0.2) is 4.79 Å². The lowest BCUT2D eigenvalue weighted by Gasteiger charge is -2.32. The van der Waals surface area contributed by atoms with Crippen LogP contribution in [0.4, 0.5) is 0 Å². The van der Waals surface area contributed by atoms with Crippen LogP contribution in [-0.2, 0) is 23.9 Å². The van der Waals surface area contributed by atoms with Crippen LogP contribution in [0.25, 0.3) is 0 Å². The SMILES string of the molecule is CC(C)(C)OC(=O)[C@@H](c1ccccc1)C1CCCCC1.CC(C)(C)OC(=O)[C@H](N)c1ccccc1.O=C(O)[C@@H](c1ccccc1)N1CCCCC1. The maximum Gasteiger partial charge on any atom is 0.328 e. The van der Waals surface area contributed by atoms with Crippen LogP contribution in [0.1, 0.15) is 128 Å². The molecule has 0 aromatic heterocycles. The van der Waals surface area contributed by atoms with Gasteiger partial charge in [-0.05, 0) is 103 Å². The molecule has 0 unspecified atom stereocenters. The van der Waals surface area contributed by atoms with Gasteiger partial charge >= 0.3 is 17.9 Å². The van der Waals surface area contributed by atoms with E-state index in [4.69, 9.17) is 15.2 Å². The maximum absolute atomic E-state index is 12.6. The van der Waals surface area contributed by atoms with Crippen molar-refractivity contribution in [1.29, 1.82) is 0 Å². The van der Waals surface area contributed by atoms with Crippen molar-refractivity contribution in [1.82, 2.24) is 4.90 Å². The first-order valence-electron chi connectivity index (χ1n) is 18.5. The van der Waals surface area contributed by atoms with E-state index < -0.39 is 35.2 Å². The number of esters is 2. The molecule has 8 heteroatoms. The van der Waals surface area contributed by atoms with Crippen LogP contribution >= 0.6 is 0 Å². The minimum absolute atomic E-state index is 0.0596. The molecule has 51 heavy (non-hydrogen) atoms. The molecule has 278 valence electrons. The molecule has 2 fully saturated rings. The van der Waals surface area contributed by atoms with Crippen molar-refractivity contribution in [2.45, 2.75) is 122 Å². The van der Waals surface area contributed by atoms with Gasteiger partial charge in [0.15, 0.2) is 0 Å². The predicted octanol–water partition coefficient (Wildman–Crippen LogP) is 9.02. The minimum atomic E-state index is -0.742. The molecule has 0 spiro atoms. The van der Waals surface area contributed by atoms with E-state index >= 15 is 0 Å². The van der Waals surface area contributed by atoms with Crippen molar-refractivity contribution < 1.29 is 29.0 Å². The highest BCUT2D eigenvalue weighted by Crippen LogP contribution is 2.37. The van der Waals surface area contributed by atoms with Gasteiger partial charge in [-0.3, -0.25) is 14.5 Å². The second-order valence-corrected chi connectivity index (χ2v) is 15.5. The van der Waals surface area contributed by atoms with Crippen molar-refractivity contribution in [2.75, 3.05) is 13.1 Å². The molecular weight excluding hydrogens is 640 g/mol. The zero-order valence-corrected chi connectivity index (χ0v) is 31.6. The van der Waals surface area contributed by atoms with Gasteiger partial charge in [0, 0.05) is 0 Å². The van der Waals surface area contributed by atoms with Crippen LogP contribution < -0.4 is 5.73 Å². The fourth-order valence-electron chi connectivity index (χ4n) is 6.58. The third-order valence-corrected chi connectivity index (χ3v) is 8.87. The van der Waals surface area contributed by atoms with Crippen molar-refractivity contribution in [3.8, 4) is 0 Å². The Morgan fingerprint density at radius 1 is 0.627 bits per heavy atom. The Hall–Kier alpha value is -4.01. The zero-order chi connectivity index (χ0) is 37.4. The number of piperidine rings is 1. The molecule has 1 aliphatic carbocycles. The summed E-state index contributed by atoms with van der Waals surface area (Å²) in [6, 6.07) is 27.7. The molecule has 1 heterocycles. The first kappa shape index (κ1) is 41.4. The monoisotopic (exact) mass is 700 g/mol. The highest BCUT2D eigenvalue weighted by atomic mass is 16.6. The molecular formula is C43H60N2O6. The average Bonchev–Trinajstić information content (AvgIpc) is 3.09. The summed E-state index contributed by atoms with van der Waals surface area (Å²) in [5, 5.41) is 9.34. The minimum Gasteiger partial charge on any atom is -0.480 e. The van der Waals surface area contributed by atoms with Gasteiger partial charge in [0.25, 0.3) is 0 Å². The van der Waals surface area contributed by atoms with Gasteiger partial charge in [-0.1, -0.05) is 117 Å². The van der Waals surface area contributed by atoms with Gasteiger partial charge in [0.2, 0.25) is 0 Å². The molecule has 0 radical (unpaired) electrons. The fourth-order valence-corrected chi connectivity index (χ4v) is 6.58. The van der Waals surface area contributed by atoms with E-state index in [0.717, 1.165) is 55.5 Å². The number of carboxylic acid groups (broad SMARTS) is 1. The Kier molecular flexibility index (Phi) is 16.4. The summed E-state index contributed by atoms with van der Waals surface area (Å²) < 4.78 is 10.9. The zero-order valence-electron chi connectivity index (χ0n) is 31.6. The normalized spacial score (nSPS) is 17.2. The van der Waals surface area contributed by atoms with Crippen molar-refractivity contribution in [2.24, 2.45) is 11.7 Å². The van der Waals surface area contributed by atoms with Gasteiger partial charge in [0.05, 0.1) is 5.92 Å². The maximum atomic E-state index is 12.6. The number of carboxylic acids is 1. The third-order valence-electron chi connectivity index (χ3n) is 8.87. The molecule has 3 aromatic carbocycles. The molecule has 3 aromatic rings. The van der Waals surface area contributed by atoms with E-state index in [1.165, 1.54) is 25.7 Å². The second-order valence-electron chi connectivity index (χ2n) is 15.5. The Morgan fingerprint density at radius 3 is 1.49 bits per heavy atom. The summed E-state index contributed by atoms with van der Waals surface area (Å²) in [5.74, 6) is -0.867. The van der Waals surface area contributed by atoms with E-state index in [0.29, 0.717) is 5.92 Å². The number of benzene rings is 3. The number of aliphatic carboxylic acids is 1. The number of carbonyl (C=O) groups excluding carboxylic acids is 2. The molecule has 8 nitrogen and oxygen atoms in total. The summed E-state index contributed by atoms with van der Waals surface area (Å²) in [7, 11) is 0. The number of nitrogens with zero attached hydrogens (tertiary/aromatic N) is 1. The Labute approximate surface area is 305 Å². The highest BCUT2D eigenvalue weighted by molar-refractivity contribution is 5.79.